The van der Waals surface area contributed by atoms with Gasteiger partial charge in [0.1, 0.15) is 5.82 Å². The Morgan fingerprint density at radius 2 is 2.33 bits per heavy atom. The molecular weight excluding hydrogens is 228 g/mol. The maximum Gasteiger partial charge on any atom is 0.163 e. The van der Waals surface area contributed by atoms with Gasteiger partial charge in [-0.25, -0.2) is 4.98 Å². The molecule has 0 aliphatic carbocycles. The van der Waals surface area contributed by atoms with Crippen LogP contribution in [0.4, 0.5) is 5.82 Å². The molecule has 1 saturated heterocycles. The first-order valence-corrected chi connectivity index (χ1v) is 6.57. The van der Waals surface area contributed by atoms with Crippen molar-refractivity contribution in [3.63, 3.8) is 0 Å². The quantitative estimate of drug-likeness (QED) is 0.832. The van der Waals surface area contributed by atoms with Crippen LogP contribution in [-0.2, 0) is 0 Å². The number of anilines is 1. The molecule has 0 bridgehead atoms. The molecule has 1 aromatic rings. The lowest BCUT2D eigenvalue weighted by Crippen LogP contribution is -2.39. The Balaban J connectivity index is 2.35. The summed E-state index contributed by atoms with van der Waals surface area (Å²) in [6.07, 6.45) is 6.06. The van der Waals surface area contributed by atoms with E-state index in [4.69, 9.17) is 0 Å². The standard InChI is InChI=1S/C14H20N2O2/c1-11(18)13-7-5-8-15-14(13)16-9-4-2-3-6-12(16)10-17/h5,7-8,12,17H,2-4,6,9-10H2,1H3. The molecule has 1 aromatic heterocycles. The summed E-state index contributed by atoms with van der Waals surface area (Å²) in [5.41, 5.74) is 0.651. The molecule has 2 rings (SSSR count). The Hall–Kier alpha value is -1.42. The van der Waals surface area contributed by atoms with Gasteiger partial charge in [0.15, 0.2) is 5.78 Å². The third-order valence-electron chi connectivity index (χ3n) is 3.53. The average Bonchev–Trinajstić information content (AvgIpc) is 2.63. The lowest BCUT2D eigenvalue weighted by atomic mass is 10.1. The minimum Gasteiger partial charge on any atom is -0.394 e. The van der Waals surface area contributed by atoms with Crippen LogP contribution in [-0.4, -0.2) is 35.1 Å². The molecule has 1 atom stereocenters. The molecule has 1 fully saturated rings. The lowest BCUT2D eigenvalue weighted by Gasteiger charge is -2.30. The molecule has 2 heterocycles. The van der Waals surface area contributed by atoms with Crippen LogP contribution >= 0.6 is 0 Å². The van der Waals surface area contributed by atoms with Crippen LogP contribution in [0.25, 0.3) is 0 Å². The maximum atomic E-state index is 11.7. The van der Waals surface area contributed by atoms with E-state index in [9.17, 15) is 9.90 Å². The van der Waals surface area contributed by atoms with E-state index in [-0.39, 0.29) is 18.4 Å². The fourth-order valence-electron chi connectivity index (χ4n) is 2.55. The van der Waals surface area contributed by atoms with Crippen molar-refractivity contribution < 1.29 is 9.90 Å². The first-order valence-electron chi connectivity index (χ1n) is 6.57. The van der Waals surface area contributed by atoms with E-state index >= 15 is 0 Å². The monoisotopic (exact) mass is 248 g/mol. The average molecular weight is 248 g/mol. The molecule has 0 aromatic carbocycles. The largest absolute Gasteiger partial charge is 0.394 e. The summed E-state index contributed by atoms with van der Waals surface area (Å²) < 4.78 is 0. The smallest absolute Gasteiger partial charge is 0.163 e. The van der Waals surface area contributed by atoms with Crippen molar-refractivity contribution >= 4 is 11.6 Å². The number of hydrogen-bond donors (Lipinski definition) is 1. The number of carbonyl (C=O) groups is 1. The molecule has 0 saturated carbocycles. The molecule has 1 aliphatic heterocycles. The molecule has 1 aliphatic rings. The first-order chi connectivity index (χ1) is 8.74. The number of pyridine rings is 1. The van der Waals surface area contributed by atoms with Gasteiger partial charge in [-0.1, -0.05) is 12.8 Å². The van der Waals surface area contributed by atoms with Crippen LogP contribution in [0.2, 0.25) is 0 Å². The van der Waals surface area contributed by atoms with Crippen LogP contribution < -0.4 is 4.90 Å². The molecule has 0 radical (unpaired) electrons. The summed E-state index contributed by atoms with van der Waals surface area (Å²) in [7, 11) is 0. The second-order valence-corrected chi connectivity index (χ2v) is 4.81. The highest BCUT2D eigenvalue weighted by atomic mass is 16.3. The van der Waals surface area contributed by atoms with Gasteiger partial charge in [-0.2, -0.15) is 0 Å². The van der Waals surface area contributed by atoms with E-state index in [1.165, 1.54) is 6.42 Å². The topological polar surface area (TPSA) is 53.4 Å². The van der Waals surface area contributed by atoms with E-state index in [1.807, 2.05) is 6.07 Å². The van der Waals surface area contributed by atoms with E-state index in [0.717, 1.165) is 31.6 Å². The van der Waals surface area contributed by atoms with Gasteiger partial charge < -0.3 is 10.0 Å². The zero-order chi connectivity index (χ0) is 13.0. The minimum atomic E-state index is 0.0269. The number of ketones is 1. The Morgan fingerprint density at radius 1 is 1.50 bits per heavy atom. The predicted molar refractivity (Wildman–Crippen MR) is 70.9 cm³/mol. The van der Waals surface area contributed by atoms with Crippen molar-refractivity contribution in [2.75, 3.05) is 18.1 Å². The number of hydrogen-bond acceptors (Lipinski definition) is 4. The Morgan fingerprint density at radius 3 is 3.06 bits per heavy atom. The molecule has 4 heteroatoms. The Labute approximate surface area is 108 Å². The third kappa shape index (κ3) is 2.70. The van der Waals surface area contributed by atoms with Gasteiger partial charge in [0, 0.05) is 12.7 Å². The van der Waals surface area contributed by atoms with Crippen molar-refractivity contribution in [3.05, 3.63) is 23.9 Å². The molecule has 98 valence electrons. The van der Waals surface area contributed by atoms with E-state index in [1.54, 1.807) is 19.2 Å². The molecule has 1 unspecified atom stereocenters. The molecule has 4 nitrogen and oxygen atoms in total. The summed E-state index contributed by atoms with van der Waals surface area (Å²) in [4.78, 5) is 18.1. The van der Waals surface area contributed by atoms with Crippen LogP contribution in [0.1, 0.15) is 43.0 Å². The van der Waals surface area contributed by atoms with Crippen LogP contribution in [0.5, 0.6) is 0 Å². The zero-order valence-electron chi connectivity index (χ0n) is 10.8. The predicted octanol–water partition coefficient (Wildman–Crippen LogP) is 2.03. The minimum absolute atomic E-state index is 0.0269. The zero-order valence-corrected chi connectivity index (χ0v) is 10.8. The van der Waals surface area contributed by atoms with Crippen molar-refractivity contribution in [1.82, 2.24) is 4.98 Å². The summed E-state index contributed by atoms with van der Waals surface area (Å²) in [6, 6.07) is 3.68. The van der Waals surface area contributed by atoms with Gasteiger partial charge >= 0.3 is 0 Å². The second kappa shape index (κ2) is 5.96. The fourth-order valence-corrected chi connectivity index (χ4v) is 2.55. The van der Waals surface area contributed by atoms with Crippen LogP contribution in [0.15, 0.2) is 18.3 Å². The summed E-state index contributed by atoms with van der Waals surface area (Å²) in [5, 5.41) is 9.52. The highest BCUT2D eigenvalue weighted by Crippen LogP contribution is 2.25. The van der Waals surface area contributed by atoms with Gasteiger partial charge in [-0.3, -0.25) is 4.79 Å². The number of aromatic nitrogens is 1. The molecular formula is C14H20N2O2. The molecule has 1 N–H and O–H groups in total. The highest BCUT2D eigenvalue weighted by Gasteiger charge is 2.24. The number of rotatable bonds is 3. The maximum absolute atomic E-state index is 11.7. The van der Waals surface area contributed by atoms with E-state index in [2.05, 4.69) is 9.88 Å². The number of Topliss-reactive ketones (excluding diaryl/α,β-unsaturated/α-hetero) is 1. The van der Waals surface area contributed by atoms with Crippen molar-refractivity contribution in [1.29, 1.82) is 0 Å². The molecule has 0 spiro atoms. The number of aliphatic hydroxyl groups excluding tert-OH is 1. The van der Waals surface area contributed by atoms with Gasteiger partial charge in [0.25, 0.3) is 0 Å². The normalized spacial score (nSPS) is 20.6. The summed E-state index contributed by atoms with van der Waals surface area (Å²) in [6.45, 7) is 2.54. The van der Waals surface area contributed by atoms with E-state index in [0.29, 0.717) is 5.56 Å². The van der Waals surface area contributed by atoms with Gasteiger partial charge in [0.2, 0.25) is 0 Å². The van der Waals surface area contributed by atoms with Crippen LogP contribution in [0.3, 0.4) is 0 Å². The van der Waals surface area contributed by atoms with Crippen molar-refractivity contribution in [2.24, 2.45) is 0 Å². The van der Waals surface area contributed by atoms with E-state index < -0.39 is 0 Å². The lowest BCUT2D eigenvalue weighted by molar-refractivity contribution is 0.101. The number of nitrogens with zero attached hydrogens (tertiary/aromatic N) is 2. The summed E-state index contributed by atoms with van der Waals surface area (Å²) in [5.74, 6) is 0.755. The number of carbonyl (C=O) groups excluding carboxylic acids is 1. The summed E-state index contributed by atoms with van der Waals surface area (Å²) >= 11 is 0. The Bertz CT molecular complexity index is 420. The molecule has 0 amide bonds. The fraction of sp³-hybridized carbons (Fsp3) is 0.571. The Kier molecular flexibility index (Phi) is 4.31. The van der Waals surface area contributed by atoms with Gasteiger partial charge in [-0.05, 0) is 31.9 Å². The SMILES string of the molecule is CC(=O)c1cccnc1N1CCCCCC1CO. The van der Waals surface area contributed by atoms with Gasteiger partial charge in [0.05, 0.1) is 18.2 Å². The van der Waals surface area contributed by atoms with Gasteiger partial charge in [-0.15, -0.1) is 0 Å². The number of aliphatic hydroxyl groups is 1. The first kappa shape index (κ1) is 13.0. The second-order valence-electron chi connectivity index (χ2n) is 4.81. The van der Waals surface area contributed by atoms with Crippen molar-refractivity contribution in [2.45, 2.75) is 38.6 Å². The van der Waals surface area contributed by atoms with Crippen LogP contribution in [0, 0.1) is 0 Å². The highest BCUT2D eigenvalue weighted by molar-refractivity contribution is 5.98. The molecule has 18 heavy (non-hydrogen) atoms. The van der Waals surface area contributed by atoms with Crippen molar-refractivity contribution in [3.8, 4) is 0 Å². The third-order valence-corrected chi connectivity index (χ3v) is 3.53.